The Labute approximate surface area is 124 Å². The Hall–Kier alpha value is -1.53. The van der Waals surface area contributed by atoms with Gasteiger partial charge in [0.25, 0.3) is 0 Å². The smallest absolute Gasteiger partial charge is 0.224 e. The maximum absolute atomic E-state index is 12.1. The highest BCUT2D eigenvalue weighted by atomic mass is 35.5. The van der Waals surface area contributed by atoms with Crippen molar-refractivity contribution in [2.24, 2.45) is 5.92 Å². The van der Waals surface area contributed by atoms with Gasteiger partial charge >= 0.3 is 0 Å². The molecule has 1 aromatic rings. The van der Waals surface area contributed by atoms with Crippen LogP contribution in [0.5, 0.6) is 0 Å². The SMILES string of the molecule is N#Cc1ccc(Cl)c(NC(=O)CC2CCCCCC2)c1. The second-order valence-electron chi connectivity index (χ2n) is 5.42. The number of rotatable bonds is 3. The summed E-state index contributed by atoms with van der Waals surface area (Å²) in [6, 6.07) is 6.95. The summed E-state index contributed by atoms with van der Waals surface area (Å²) in [7, 11) is 0. The lowest BCUT2D eigenvalue weighted by Gasteiger charge is -2.14. The topological polar surface area (TPSA) is 52.9 Å². The van der Waals surface area contributed by atoms with E-state index < -0.39 is 0 Å². The van der Waals surface area contributed by atoms with Gasteiger partial charge in [-0.1, -0.05) is 37.3 Å². The largest absolute Gasteiger partial charge is 0.325 e. The van der Waals surface area contributed by atoms with Crippen molar-refractivity contribution in [1.82, 2.24) is 0 Å². The molecule has 1 amide bonds. The summed E-state index contributed by atoms with van der Waals surface area (Å²) in [6.07, 6.45) is 7.85. The minimum atomic E-state index is -0.00566. The number of halogens is 1. The van der Waals surface area contributed by atoms with Crippen LogP contribution in [0, 0.1) is 17.2 Å². The summed E-state index contributed by atoms with van der Waals surface area (Å²) in [5.41, 5.74) is 1.03. The first-order valence-electron chi connectivity index (χ1n) is 7.18. The highest BCUT2D eigenvalue weighted by Crippen LogP contribution is 2.27. The van der Waals surface area contributed by atoms with Crippen molar-refractivity contribution in [2.45, 2.75) is 44.9 Å². The van der Waals surface area contributed by atoms with E-state index in [0.717, 1.165) is 12.8 Å². The molecule has 1 fully saturated rings. The molecule has 0 unspecified atom stereocenters. The molecule has 1 saturated carbocycles. The number of amides is 1. The molecule has 3 nitrogen and oxygen atoms in total. The van der Waals surface area contributed by atoms with Gasteiger partial charge in [-0.05, 0) is 37.0 Å². The minimum absolute atomic E-state index is 0.00566. The van der Waals surface area contributed by atoms with E-state index in [9.17, 15) is 4.79 Å². The molecule has 1 aliphatic carbocycles. The third-order valence-corrected chi connectivity index (χ3v) is 4.15. The number of nitrogens with one attached hydrogen (secondary N) is 1. The molecular weight excluding hydrogens is 272 g/mol. The Morgan fingerprint density at radius 2 is 2.00 bits per heavy atom. The van der Waals surface area contributed by atoms with E-state index >= 15 is 0 Å². The summed E-state index contributed by atoms with van der Waals surface area (Å²) >= 11 is 6.04. The molecular formula is C16H19ClN2O. The van der Waals surface area contributed by atoms with E-state index in [1.807, 2.05) is 6.07 Å². The molecule has 1 N–H and O–H groups in total. The molecule has 20 heavy (non-hydrogen) atoms. The highest BCUT2D eigenvalue weighted by Gasteiger charge is 2.16. The van der Waals surface area contributed by atoms with Gasteiger partial charge in [0, 0.05) is 6.42 Å². The molecule has 0 bridgehead atoms. The summed E-state index contributed by atoms with van der Waals surface area (Å²) in [5, 5.41) is 12.2. The molecule has 0 saturated heterocycles. The maximum Gasteiger partial charge on any atom is 0.224 e. The summed E-state index contributed by atoms with van der Waals surface area (Å²) in [4.78, 5) is 12.1. The Kier molecular flexibility index (Phi) is 5.43. The van der Waals surface area contributed by atoms with Crippen molar-refractivity contribution in [3.8, 4) is 6.07 Å². The molecule has 0 heterocycles. The van der Waals surface area contributed by atoms with Gasteiger partial charge in [-0.15, -0.1) is 0 Å². The molecule has 1 aliphatic rings. The van der Waals surface area contributed by atoms with Gasteiger partial charge in [0.2, 0.25) is 5.91 Å². The molecule has 0 spiro atoms. The van der Waals surface area contributed by atoms with Gasteiger partial charge in [0.05, 0.1) is 22.3 Å². The summed E-state index contributed by atoms with van der Waals surface area (Å²) < 4.78 is 0. The second kappa shape index (κ2) is 7.31. The zero-order chi connectivity index (χ0) is 14.4. The molecule has 0 aromatic heterocycles. The predicted molar refractivity (Wildman–Crippen MR) is 80.6 cm³/mol. The number of carbonyl (C=O) groups excluding carboxylic acids is 1. The lowest BCUT2D eigenvalue weighted by molar-refractivity contribution is -0.117. The van der Waals surface area contributed by atoms with Crippen LogP contribution in [0.3, 0.4) is 0 Å². The van der Waals surface area contributed by atoms with Crippen molar-refractivity contribution >= 4 is 23.2 Å². The van der Waals surface area contributed by atoms with Gasteiger partial charge in [0.15, 0.2) is 0 Å². The van der Waals surface area contributed by atoms with Gasteiger partial charge < -0.3 is 5.32 Å². The molecule has 0 aliphatic heterocycles. The van der Waals surface area contributed by atoms with Crippen LogP contribution < -0.4 is 5.32 Å². The maximum atomic E-state index is 12.1. The monoisotopic (exact) mass is 290 g/mol. The minimum Gasteiger partial charge on any atom is -0.325 e. The third kappa shape index (κ3) is 4.25. The van der Waals surface area contributed by atoms with Crippen LogP contribution in [0.4, 0.5) is 5.69 Å². The first-order valence-corrected chi connectivity index (χ1v) is 7.56. The lowest BCUT2D eigenvalue weighted by atomic mass is 9.96. The fourth-order valence-corrected chi connectivity index (χ4v) is 2.89. The zero-order valence-corrected chi connectivity index (χ0v) is 12.2. The molecule has 1 aromatic carbocycles. The number of hydrogen-bond acceptors (Lipinski definition) is 2. The molecule has 0 radical (unpaired) electrons. The average Bonchev–Trinajstić information content (AvgIpc) is 2.70. The number of nitrogens with zero attached hydrogens (tertiary/aromatic N) is 1. The Morgan fingerprint density at radius 1 is 1.30 bits per heavy atom. The van der Waals surface area contributed by atoms with Crippen LogP contribution in [0.25, 0.3) is 0 Å². The van der Waals surface area contributed by atoms with Crippen LogP contribution in [-0.4, -0.2) is 5.91 Å². The fraction of sp³-hybridized carbons (Fsp3) is 0.500. The Bertz CT molecular complexity index is 514. The fourth-order valence-electron chi connectivity index (χ4n) is 2.72. The summed E-state index contributed by atoms with van der Waals surface area (Å²) in [5.74, 6) is 0.476. The Balaban J connectivity index is 1.95. The Morgan fingerprint density at radius 3 is 2.65 bits per heavy atom. The quantitative estimate of drug-likeness (QED) is 0.833. The van der Waals surface area contributed by atoms with Crippen LogP contribution in [0.1, 0.15) is 50.5 Å². The second-order valence-corrected chi connectivity index (χ2v) is 5.82. The van der Waals surface area contributed by atoms with Crippen molar-refractivity contribution in [3.05, 3.63) is 28.8 Å². The normalized spacial score (nSPS) is 16.2. The van der Waals surface area contributed by atoms with E-state index in [1.54, 1.807) is 18.2 Å². The van der Waals surface area contributed by atoms with Crippen molar-refractivity contribution in [2.75, 3.05) is 5.32 Å². The van der Waals surface area contributed by atoms with Crippen molar-refractivity contribution < 1.29 is 4.79 Å². The van der Waals surface area contributed by atoms with Gasteiger partial charge in [-0.2, -0.15) is 5.26 Å². The summed E-state index contributed by atoms with van der Waals surface area (Å²) in [6.45, 7) is 0. The molecule has 106 valence electrons. The molecule has 0 atom stereocenters. The number of benzene rings is 1. The van der Waals surface area contributed by atoms with Crippen LogP contribution in [-0.2, 0) is 4.79 Å². The molecule has 2 rings (SSSR count). The highest BCUT2D eigenvalue weighted by molar-refractivity contribution is 6.33. The first-order chi connectivity index (χ1) is 9.69. The van der Waals surface area contributed by atoms with Crippen LogP contribution in [0.2, 0.25) is 5.02 Å². The molecule has 4 heteroatoms. The van der Waals surface area contributed by atoms with Gasteiger partial charge in [-0.25, -0.2) is 0 Å². The first kappa shape index (κ1) is 14.9. The van der Waals surface area contributed by atoms with E-state index in [2.05, 4.69) is 5.32 Å². The average molecular weight is 291 g/mol. The predicted octanol–water partition coefficient (Wildman–Crippen LogP) is 4.51. The standard InChI is InChI=1S/C16H19ClN2O/c17-14-8-7-13(11-18)9-15(14)19-16(20)10-12-5-3-1-2-4-6-12/h7-9,12H,1-6,10H2,(H,19,20). The van der Waals surface area contributed by atoms with Crippen LogP contribution >= 0.6 is 11.6 Å². The van der Waals surface area contributed by atoms with E-state index in [4.69, 9.17) is 16.9 Å². The van der Waals surface area contributed by atoms with Crippen molar-refractivity contribution in [3.63, 3.8) is 0 Å². The number of nitriles is 1. The third-order valence-electron chi connectivity index (χ3n) is 3.82. The van der Waals surface area contributed by atoms with E-state index in [1.165, 1.54) is 25.7 Å². The van der Waals surface area contributed by atoms with Crippen molar-refractivity contribution in [1.29, 1.82) is 5.26 Å². The van der Waals surface area contributed by atoms with E-state index in [0.29, 0.717) is 28.6 Å². The van der Waals surface area contributed by atoms with Crippen LogP contribution in [0.15, 0.2) is 18.2 Å². The number of anilines is 1. The lowest BCUT2D eigenvalue weighted by Crippen LogP contribution is -2.16. The van der Waals surface area contributed by atoms with E-state index in [-0.39, 0.29) is 5.91 Å². The zero-order valence-electron chi connectivity index (χ0n) is 11.5. The van der Waals surface area contributed by atoms with Gasteiger partial charge in [-0.3, -0.25) is 4.79 Å². The number of carbonyl (C=O) groups is 1. The number of hydrogen-bond donors (Lipinski definition) is 1. The van der Waals surface area contributed by atoms with Gasteiger partial charge in [0.1, 0.15) is 0 Å².